The number of methoxy groups -OCH3 is 3. The quantitative estimate of drug-likeness (QED) is 0.884. The summed E-state index contributed by atoms with van der Waals surface area (Å²) in [7, 11) is 4.83. The molecule has 0 aliphatic heterocycles. The average Bonchev–Trinajstić information content (AvgIpc) is 2.56. The normalized spacial score (nSPS) is 10.7. The fourth-order valence-corrected chi connectivity index (χ4v) is 2.13. The van der Waals surface area contributed by atoms with Crippen molar-refractivity contribution in [1.82, 2.24) is 0 Å². The minimum atomic E-state index is 0.262. The smallest absolute Gasteiger partial charge is 0.161 e. The molecule has 0 amide bonds. The summed E-state index contributed by atoms with van der Waals surface area (Å²) < 4.78 is 15.7. The first kappa shape index (κ1) is 15.8. The zero-order valence-electron chi connectivity index (χ0n) is 13.0. The molecule has 1 N–H and O–H groups in total. The second-order valence-corrected chi connectivity index (χ2v) is 4.72. The summed E-state index contributed by atoms with van der Waals surface area (Å²) in [6, 6.07) is 10.9. The maximum Gasteiger partial charge on any atom is 0.161 e. The van der Waals surface area contributed by atoms with Crippen molar-refractivity contribution in [3.63, 3.8) is 0 Å². The number of rotatable bonds is 6. The van der Waals surface area contributed by atoms with Crippen LogP contribution >= 0.6 is 0 Å². The SMILES string of the molecule is COc1ccc(O)c(C/C=C/c2ccc(OC)c(OC)c2)c1. The summed E-state index contributed by atoms with van der Waals surface area (Å²) in [6.45, 7) is 0. The Morgan fingerprint density at radius 3 is 2.36 bits per heavy atom. The number of ether oxygens (including phenoxy) is 3. The van der Waals surface area contributed by atoms with Gasteiger partial charge in [0.2, 0.25) is 0 Å². The molecule has 4 nitrogen and oxygen atoms in total. The molecule has 116 valence electrons. The van der Waals surface area contributed by atoms with E-state index in [0.29, 0.717) is 17.9 Å². The van der Waals surface area contributed by atoms with E-state index in [2.05, 4.69) is 0 Å². The van der Waals surface area contributed by atoms with Crippen LogP contribution in [0.25, 0.3) is 6.08 Å². The van der Waals surface area contributed by atoms with Crippen molar-refractivity contribution in [1.29, 1.82) is 0 Å². The van der Waals surface area contributed by atoms with Crippen LogP contribution in [-0.4, -0.2) is 26.4 Å². The summed E-state index contributed by atoms with van der Waals surface area (Å²) in [6.07, 6.45) is 4.56. The minimum absolute atomic E-state index is 0.262. The van der Waals surface area contributed by atoms with Gasteiger partial charge in [0.1, 0.15) is 11.5 Å². The molecule has 2 aromatic carbocycles. The van der Waals surface area contributed by atoms with E-state index in [1.54, 1.807) is 33.5 Å². The largest absolute Gasteiger partial charge is 0.508 e. The van der Waals surface area contributed by atoms with Gasteiger partial charge in [-0.25, -0.2) is 0 Å². The molecule has 0 aromatic heterocycles. The van der Waals surface area contributed by atoms with E-state index in [1.807, 2.05) is 36.4 Å². The van der Waals surface area contributed by atoms with E-state index >= 15 is 0 Å². The Labute approximate surface area is 130 Å². The van der Waals surface area contributed by atoms with Gasteiger partial charge >= 0.3 is 0 Å². The lowest BCUT2D eigenvalue weighted by molar-refractivity contribution is 0.355. The van der Waals surface area contributed by atoms with Crippen molar-refractivity contribution in [3.05, 3.63) is 53.6 Å². The van der Waals surface area contributed by atoms with Crippen molar-refractivity contribution in [3.8, 4) is 23.0 Å². The van der Waals surface area contributed by atoms with Crippen molar-refractivity contribution >= 4 is 6.08 Å². The van der Waals surface area contributed by atoms with Crippen LogP contribution in [0.15, 0.2) is 42.5 Å². The third-order valence-electron chi connectivity index (χ3n) is 3.34. The average molecular weight is 300 g/mol. The number of phenolic OH excluding ortho intramolecular Hbond substituents is 1. The van der Waals surface area contributed by atoms with Crippen molar-refractivity contribution < 1.29 is 19.3 Å². The minimum Gasteiger partial charge on any atom is -0.508 e. The molecule has 0 unspecified atom stereocenters. The predicted molar refractivity (Wildman–Crippen MR) is 86.9 cm³/mol. The van der Waals surface area contributed by atoms with E-state index in [0.717, 1.165) is 16.9 Å². The first-order valence-electron chi connectivity index (χ1n) is 6.92. The number of hydrogen-bond donors (Lipinski definition) is 1. The van der Waals surface area contributed by atoms with Crippen LogP contribution in [0.5, 0.6) is 23.0 Å². The third-order valence-corrected chi connectivity index (χ3v) is 3.34. The maximum absolute atomic E-state index is 9.85. The Hall–Kier alpha value is -2.62. The molecule has 0 fully saturated rings. The highest BCUT2D eigenvalue weighted by atomic mass is 16.5. The van der Waals surface area contributed by atoms with E-state index < -0.39 is 0 Å². The molecule has 0 spiro atoms. The molecule has 2 rings (SSSR count). The maximum atomic E-state index is 9.85. The van der Waals surface area contributed by atoms with Crippen LogP contribution in [0.2, 0.25) is 0 Å². The number of benzene rings is 2. The lowest BCUT2D eigenvalue weighted by atomic mass is 10.1. The number of phenols is 1. The second kappa shape index (κ2) is 7.41. The molecule has 0 bridgehead atoms. The van der Waals surface area contributed by atoms with Crippen LogP contribution in [0.4, 0.5) is 0 Å². The predicted octanol–water partition coefficient (Wildman–Crippen LogP) is 3.67. The Kier molecular flexibility index (Phi) is 5.31. The summed E-state index contributed by atoms with van der Waals surface area (Å²) in [5.74, 6) is 2.38. The van der Waals surface area contributed by atoms with E-state index in [4.69, 9.17) is 14.2 Å². The fourth-order valence-electron chi connectivity index (χ4n) is 2.13. The fraction of sp³-hybridized carbons (Fsp3) is 0.222. The van der Waals surface area contributed by atoms with Gasteiger partial charge < -0.3 is 19.3 Å². The van der Waals surface area contributed by atoms with Gasteiger partial charge in [-0.05, 0) is 42.3 Å². The Balaban J connectivity index is 2.12. The molecule has 0 saturated heterocycles. The van der Waals surface area contributed by atoms with Crippen LogP contribution < -0.4 is 14.2 Å². The van der Waals surface area contributed by atoms with E-state index in [9.17, 15) is 5.11 Å². The Bertz CT molecular complexity index is 662. The molecule has 0 saturated carbocycles. The van der Waals surface area contributed by atoms with Crippen molar-refractivity contribution in [2.75, 3.05) is 21.3 Å². The molecule has 0 heterocycles. The number of allylic oxidation sites excluding steroid dienone is 1. The van der Waals surface area contributed by atoms with Gasteiger partial charge in [0.05, 0.1) is 21.3 Å². The molecular weight excluding hydrogens is 280 g/mol. The molecule has 0 aliphatic carbocycles. The molecule has 0 radical (unpaired) electrons. The van der Waals surface area contributed by atoms with E-state index in [1.165, 1.54) is 0 Å². The summed E-state index contributed by atoms with van der Waals surface area (Å²) in [4.78, 5) is 0. The summed E-state index contributed by atoms with van der Waals surface area (Å²) in [5, 5.41) is 9.85. The lowest BCUT2D eigenvalue weighted by Gasteiger charge is -2.08. The Morgan fingerprint density at radius 2 is 1.68 bits per heavy atom. The van der Waals surface area contributed by atoms with Gasteiger partial charge in [-0.1, -0.05) is 18.2 Å². The van der Waals surface area contributed by atoms with Gasteiger partial charge in [-0.3, -0.25) is 0 Å². The standard InChI is InChI=1S/C18H20O4/c1-20-15-8-9-16(19)14(12-15)6-4-5-13-7-10-17(21-2)18(11-13)22-3/h4-5,7-12,19H,6H2,1-3H3/b5-4+. The number of aromatic hydroxyl groups is 1. The summed E-state index contributed by atoms with van der Waals surface area (Å²) >= 11 is 0. The van der Waals surface area contributed by atoms with Gasteiger partial charge in [0, 0.05) is 5.56 Å². The van der Waals surface area contributed by atoms with Gasteiger partial charge in [0.15, 0.2) is 11.5 Å². The van der Waals surface area contributed by atoms with Gasteiger partial charge in [-0.15, -0.1) is 0 Å². The van der Waals surface area contributed by atoms with E-state index in [-0.39, 0.29) is 5.75 Å². The number of hydrogen-bond acceptors (Lipinski definition) is 4. The van der Waals surface area contributed by atoms with Crippen molar-refractivity contribution in [2.45, 2.75) is 6.42 Å². The third kappa shape index (κ3) is 3.73. The topological polar surface area (TPSA) is 47.9 Å². The first-order chi connectivity index (χ1) is 10.7. The van der Waals surface area contributed by atoms with Gasteiger partial charge in [-0.2, -0.15) is 0 Å². The summed E-state index contributed by atoms with van der Waals surface area (Å²) in [5.41, 5.74) is 1.82. The molecule has 22 heavy (non-hydrogen) atoms. The first-order valence-corrected chi connectivity index (χ1v) is 6.92. The second-order valence-electron chi connectivity index (χ2n) is 4.72. The van der Waals surface area contributed by atoms with Crippen LogP contribution in [0.3, 0.4) is 0 Å². The highest BCUT2D eigenvalue weighted by molar-refractivity contribution is 5.56. The van der Waals surface area contributed by atoms with Crippen LogP contribution in [0, 0.1) is 0 Å². The highest BCUT2D eigenvalue weighted by Crippen LogP contribution is 2.28. The zero-order valence-corrected chi connectivity index (χ0v) is 13.0. The lowest BCUT2D eigenvalue weighted by Crippen LogP contribution is -1.90. The molecule has 2 aromatic rings. The monoisotopic (exact) mass is 300 g/mol. The molecule has 4 heteroatoms. The zero-order chi connectivity index (χ0) is 15.9. The van der Waals surface area contributed by atoms with Crippen LogP contribution in [0.1, 0.15) is 11.1 Å². The highest BCUT2D eigenvalue weighted by Gasteiger charge is 2.03. The molecule has 0 atom stereocenters. The van der Waals surface area contributed by atoms with Crippen LogP contribution in [-0.2, 0) is 6.42 Å². The Morgan fingerprint density at radius 1 is 0.909 bits per heavy atom. The molecule has 0 aliphatic rings. The molecular formula is C18H20O4. The van der Waals surface area contributed by atoms with Gasteiger partial charge in [0.25, 0.3) is 0 Å². The van der Waals surface area contributed by atoms with Crippen molar-refractivity contribution in [2.24, 2.45) is 0 Å².